The Balaban J connectivity index is 1.17. The van der Waals surface area contributed by atoms with Crippen LogP contribution in [-0.2, 0) is 0 Å². The molecule has 8 aromatic carbocycles. The Morgan fingerprint density at radius 3 is 1.88 bits per heavy atom. The van der Waals surface area contributed by atoms with E-state index >= 15 is 0 Å². The van der Waals surface area contributed by atoms with Gasteiger partial charge in [0.2, 0.25) is 5.89 Å². The van der Waals surface area contributed by atoms with Crippen molar-refractivity contribution in [3.63, 3.8) is 0 Å². The molecule has 0 radical (unpaired) electrons. The number of oxazole rings is 1. The molecule has 0 fully saturated rings. The van der Waals surface area contributed by atoms with Gasteiger partial charge in [0.05, 0.1) is 5.69 Å². The van der Waals surface area contributed by atoms with Crippen LogP contribution in [0.1, 0.15) is 0 Å². The number of hydrogen-bond acceptors (Lipinski definition) is 3. The second-order valence-electron chi connectivity index (χ2n) is 12.0. The van der Waals surface area contributed by atoms with Crippen LogP contribution in [0.3, 0.4) is 0 Å². The molecule has 1 aromatic heterocycles. The summed E-state index contributed by atoms with van der Waals surface area (Å²) in [7, 11) is 0. The van der Waals surface area contributed by atoms with Gasteiger partial charge >= 0.3 is 0 Å². The van der Waals surface area contributed by atoms with E-state index in [0.717, 1.165) is 44.9 Å². The second-order valence-corrected chi connectivity index (χ2v) is 12.0. The first-order chi connectivity index (χ1) is 23.8. The fourth-order valence-electron chi connectivity index (χ4n) is 6.79. The first-order valence-electron chi connectivity index (χ1n) is 16.2. The maximum absolute atomic E-state index is 6.37. The smallest absolute Gasteiger partial charge is 0.227 e. The highest BCUT2D eigenvalue weighted by molar-refractivity contribution is 6.01. The van der Waals surface area contributed by atoms with E-state index in [-0.39, 0.29) is 0 Å². The number of nitrogens with zero attached hydrogens (tertiary/aromatic N) is 2. The third kappa shape index (κ3) is 4.90. The van der Waals surface area contributed by atoms with E-state index in [4.69, 9.17) is 9.40 Å². The molecule has 0 bridgehead atoms. The highest BCUT2D eigenvalue weighted by Gasteiger charge is 2.18. The topological polar surface area (TPSA) is 29.3 Å². The number of para-hydroxylation sites is 1. The Morgan fingerprint density at radius 2 is 1.04 bits per heavy atom. The third-order valence-corrected chi connectivity index (χ3v) is 9.08. The molecule has 9 rings (SSSR count). The molecule has 0 aliphatic carbocycles. The lowest BCUT2D eigenvalue weighted by atomic mass is 9.97. The zero-order chi connectivity index (χ0) is 31.9. The minimum Gasteiger partial charge on any atom is -0.435 e. The molecule has 1 heterocycles. The monoisotopic (exact) mass is 614 g/mol. The van der Waals surface area contributed by atoms with Crippen molar-refractivity contribution in [2.45, 2.75) is 0 Å². The summed E-state index contributed by atoms with van der Waals surface area (Å²) >= 11 is 0. The first-order valence-corrected chi connectivity index (χ1v) is 16.2. The molecule has 0 aliphatic heterocycles. The lowest BCUT2D eigenvalue weighted by molar-refractivity contribution is 0.621. The standard InChI is InChI=1S/C45H30N2O/c1-2-14-34(15-3-1)45-46-42-24-11-23-41(44(42)48-45)33-26-28-36(29-27-33)47(43-25-10-17-32-13-5-7-21-40(32)43)37-19-8-18-35(30-37)39-22-9-16-31-12-4-6-20-38(31)39/h1-30H. The van der Waals surface area contributed by atoms with Crippen LogP contribution in [0.2, 0.25) is 0 Å². The van der Waals surface area contributed by atoms with Crippen LogP contribution in [-0.4, -0.2) is 4.98 Å². The van der Waals surface area contributed by atoms with Gasteiger partial charge in [-0.1, -0.05) is 133 Å². The summed E-state index contributed by atoms with van der Waals surface area (Å²) in [5.74, 6) is 0.628. The molecule has 3 heteroatoms. The van der Waals surface area contributed by atoms with Crippen molar-refractivity contribution in [1.82, 2.24) is 4.98 Å². The van der Waals surface area contributed by atoms with Gasteiger partial charge in [-0.2, -0.15) is 0 Å². The Bertz CT molecular complexity index is 2560. The quantitative estimate of drug-likeness (QED) is 0.187. The first kappa shape index (κ1) is 27.8. The van der Waals surface area contributed by atoms with Gasteiger partial charge in [-0.15, -0.1) is 0 Å². The van der Waals surface area contributed by atoms with Crippen molar-refractivity contribution >= 4 is 49.7 Å². The summed E-state index contributed by atoms with van der Waals surface area (Å²) < 4.78 is 6.37. The molecule has 0 saturated carbocycles. The van der Waals surface area contributed by atoms with Gasteiger partial charge in [-0.25, -0.2) is 4.98 Å². The van der Waals surface area contributed by atoms with Crippen LogP contribution in [0.5, 0.6) is 0 Å². The van der Waals surface area contributed by atoms with E-state index in [0.29, 0.717) is 5.89 Å². The van der Waals surface area contributed by atoms with E-state index < -0.39 is 0 Å². The Labute approximate surface area is 279 Å². The van der Waals surface area contributed by atoms with Crippen molar-refractivity contribution in [1.29, 1.82) is 0 Å². The Hall–Kier alpha value is -6.45. The average Bonchev–Trinajstić information content (AvgIpc) is 3.61. The minimum absolute atomic E-state index is 0.628. The van der Waals surface area contributed by atoms with Crippen LogP contribution in [0.4, 0.5) is 17.1 Å². The molecule has 0 unspecified atom stereocenters. The number of fused-ring (bicyclic) bond motifs is 3. The van der Waals surface area contributed by atoms with Crippen LogP contribution >= 0.6 is 0 Å². The maximum atomic E-state index is 6.37. The Kier molecular flexibility index (Phi) is 6.80. The summed E-state index contributed by atoms with van der Waals surface area (Å²) in [5, 5.41) is 4.88. The maximum Gasteiger partial charge on any atom is 0.227 e. The molecule has 3 nitrogen and oxygen atoms in total. The van der Waals surface area contributed by atoms with Crippen LogP contribution in [0, 0.1) is 0 Å². The molecule has 0 aliphatic rings. The van der Waals surface area contributed by atoms with Crippen LogP contribution in [0.25, 0.3) is 66.4 Å². The molecule has 0 N–H and O–H groups in total. The van der Waals surface area contributed by atoms with E-state index in [1.54, 1.807) is 0 Å². The predicted octanol–water partition coefficient (Wildman–Crippen LogP) is 12.6. The van der Waals surface area contributed by atoms with E-state index in [9.17, 15) is 0 Å². The Morgan fingerprint density at radius 1 is 0.417 bits per heavy atom. The van der Waals surface area contributed by atoms with Crippen molar-refractivity contribution in [3.05, 3.63) is 182 Å². The predicted molar refractivity (Wildman–Crippen MR) is 200 cm³/mol. The number of aromatic nitrogens is 1. The van der Waals surface area contributed by atoms with Gasteiger partial charge in [0.1, 0.15) is 5.52 Å². The number of anilines is 3. The number of benzene rings is 8. The summed E-state index contributed by atoms with van der Waals surface area (Å²) in [4.78, 5) is 7.16. The summed E-state index contributed by atoms with van der Waals surface area (Å²) in [6.07, 6.45) is 0. The van der Waals surface area contributed by atoms with Crippen molar-refractivity contribution < 1.29 is 4.42 Å². The zero-order valence-electron chi connectivity index (χ0n) is 26.1. The highest BCUT2D eigenvalue weighted by atomic mass is 16.3. The van der Waals surface area contributed by atoms with Gasteiger partial charge in [-0.05, 0) is 81.4 Å². The lowest BCUT2D eigenvalue weighted by Crippen LogP contribution is -2.10. The molecular weight excluding hydrogens is 585 g/mol. The van der Waals surface area contributed by atoms with E-state index in [2.05, 4.69) is 144 Å². The van der Waals surface area contributed by atoms with Crippen molar-refractivity contribution in [2.75, 3.05) is 4.90 Å². The van der Waals surface area contributed by atoms with Gasteiger partial charge in [0.15, 0.2) is 5.58 Å². The third-order valence-electron chi connectivity index (χ3n) is 9.08. The van der Waals surface area contributed by atoms with Crippen LogP contribution < -0.4 is 4.90 Å². The lowest BCUT2D eigenvalue weighted by Gasteiger charge is -2.27. The fraction of sp³-hybridized carbons (Fsp3) is 0. The van der Waals surface area contributed by atoms with Gasteiger partial charge in [0, 0.05) is 27.9 Å². The summed E-state index contributed by atoms with van der Waals surface area (Å²) in [6, 6.07) is 64.1. The van der Waals surface area contributed by atoms with Crippen molar-refractivity contribution in [3.8, 4) is 33.7 Å². The highest BCUT2D eigenvalue weighted by Crippen LogP contribution is 2.42. The molecule has 226 valence electrons. The molecule has 0 amide bonds. The molecule has 0 saturated heterocycles. The average molecular weight is 615 g/mol. The molecule has 48 heavy (non-hydrogen) atoms. The van der Waals surface area contributed by atoms with Gasteiger partial charge in [0.25, 0.3) is 0 Å². The largest absolute Gasteiger partial charge is 0.435 e. The molecule has 0 spiro atoms. The van der Waals surface area contributed by atoms with Gasteiger partial charge in [-0.3, -0.25) is 0 Å². The zero-order valence-corrected chi connectivity index (χ0v) is 26.1. The van der Waals surface area contributed by atoms with Crippen LogP contribution in [0.15, 0.2) is 186 Å². The fourth-order valence-corrected chi connectivity index (χ4v) is 6.79. The SMILES string of the molecule is c1ccc(-c2nc3cccc(-c4ccc(N(c5cccc(-c6cccc7ccccc67)c5)c5cccc6ccccc56)cc4)c3o2)cc1. The number of hydrogen-bond donors (Lipinski definition) is 0. The molecule has 0 atom stereocenters. The van der Waals surface area contributed by atoms with Gasteiger partial charge < -0.3 is 9.32 Å². The van der Waals surface area contributed by atoms with E-state index in [1.165, 1.54) is 32.7 Å². The summed E-state index contributed by atoms with van der Waals surface area (Å²) in [6.45, 7) is 0. The van der Waals surface area contributed by atoms with Crippen molar-refractivity contribution in [2.24, 2.45) is 0 Å². The minimum atomic E-state index is 0.628. The molecular formula is C45H30N2O. The summed E-state index contributed by atoms with van der Waals surface area (Å²) in [5.41, 5.74) is 10.4. The second kappa shape index (κ2) is 11.7. The number of rotatable bonds is 6. The van der Waals surface area contributed by atoms with E-state index in [1.807, 2.05) is 42.5 Å². The normalized spacial score (nSPS) is 11.3. The molecule has 9 aromatic rings.